The molecule has 0 saturated heterocycles. The third-order valence-corrected chi connectivity index (χ3v) is 4.93. The lowest BCUT2D eigenvalue weighted by Gasteiger charge is -2.40. The third kappa shape index (κ3) is 1.96. The van der Waals surface area contributed by atoms with Crippen molar-refractivity contribution in [1.82, 2.24) is 0 Å². The highest BCUT2D eigenvalue weighted by Crippen LogP contribution is 2.66. The van der Waals surface area contributed by atoms with Gasteiger partial charge < -0.3 is 14.2 Å². The Morgan fingerprint density at radius 1 is 1.31 bits per heavy atom. The molecule has 1 fully saturated rings. The van der Waals surface area contributed by atoms with Crippen LogP contribution < -0.4 is 0 Å². The van der Waals surface area contributed by atoms with Gasteiger partial charge in [0, 0.05) is 0 Å². The summed E-state index contributed by atoms with van der Waals surface area (Å²) in [5, 5.41) is 8.67. The molecule has 0 unspecified atom stereocenters. The Kier molecular flexibility index (Phi) is 3.52. The van der Waals surface area contributed by atoms with Crippen molar-refractivity contribution in [2.75, 3.05) is 13.2 Å². The fourth-order valence-corrected chi connectivity index (χ4v) is 3.48. The van der Waals surface area contributed by atoms with Gasteiger partial charge in [0.2, 0.25) is 0 Å². The van der Waals surface area contributed by atoms with E-state index in [0.717, 1.165) is 6.42 Å². The Labute approximate surface area is 78.8 Å². The SMILES string of the molecule is CCOP(=O)(OCC)C1(O)CCC1. The molecule has 1 N–H and O–H groups in total. The van der Waals surface area contributed by atoms with Gasteiger partial charge in [-0.15, -0.1) is 0 Å². The normalized spacial score (nSPS) is 21.2. The Morgan fingerprint density at radius 3 is 2.00 bits per heavy atom. The molecule has 0 aromatic carbocycles. The minimum absolute atomic E-state index is 0.305. The van der Waals surface area contributed by atoms with Crippen molar-refractivity contribution in [2.45, 2.75) is 38.5 Å². The van der Waals surface area contributed by atoms with Crippen molar-refractivity contribution in [1.29, 1.82) is 0 Å². The monoisotopic (exact) mass is 208 g/mol. The van der Waals surface area contributed by atoms with Crippen LogP contribution in [0.3, 0.4) is 0 Å². The summed E-state index contributed by atoms with van der Waals surface area (Å²) >= 11 is 0. The van der Waals surface area contributed by atoms with Crippen molar-refractivity contribution in [3.63, 3.8) is 0 Å². The minimum Gasteiger partial charge on any atom is -0.377 e. The van der Waals surface area contributed by atoms with Crippen molar-refractivity contribution >= 4 is 7.60 Å². The standard InChI is InChI=1S/C8H17O4P/c1-3-11-13(10,12-4-2)8(9)6-5-7-8/h9H,3-7H2,1-2H3. The van der Waals surface area contributed by atoms with E-state index in [2.05, 4.69) is 0 Å². The lowest BCUT2D eigenvalue weighted by Crippen LogP contribution is -2.38. The number of hydrogen-bond donors (Lipinski definition) is 1. The maximum atomic E-state index is 12.0. The van der Waals surface area contributed by atoms with E-state index < -0.39 is 12.9 Å². The summed E-state index contributed by atoms with van der Waals surface area (Å²) in [6, 6.07) is 0. The Balaban J connectivity index is 2.71. The van der Waals surface area contributed by atoms with Crippen LogP contribution in [0.4, 0.5) is 0 Å². The molecule has 0 heterocycles. The molecule has 1 aliphatic rings. The van der Waals surface area contributed by atoms with Crippen LogP contribution in [0, 0.1) is 0 Å². The molecule has 0 amide bonds. The molecular weight excluding hydrogens is 191 g/mol. The van der Waals surface area contributed by atoms with Crippen molar-refractivity contribution in [2.24, 2.45) is 0 Å². The van der Waals surface area contributed by atoms with Gasteiger partial charge in [-0.2, -0.15) is 0 Å². The van der Waals surface area contributed by atoms with Crippen molar-refractivity contribution in [3.05, 3.63) is 0 Å². The molecule has 1 rings (SSSR count). The molecule has 0 atom stereocenters. The van der Waals surface area contributed by atoms with Gasteiger partial charge >= 0.3 is 7.60 Å². The predicted molar refractivity (Wildman–Crippen MR) is 49.7 cm³/mol. The molecule has 1 aliphatic carbocycles. The van der Waals surface area contributed by atoms with E-state index in [1.54, 1.807) is 13.8 Å². The van der Waals surface area contributed by atoms with Crippen molar-refractivity contribution in [3.8, 4) is 0 Å². The first-order chi connectivity index (χ1) is 6.08. The molecule has 4 nitrogen and oxygen atoms in total. The molecule has 0 radical (unpaired) electrons. The first-order valence-corrected chi connectivity index (χ1v) is 6.24. The molecule has 0 aromatic rings. The lowest BCUT2D eigenvalue weighted by atomic mass is 9.95. The van der Waals surface area contributed by atoms with Crippen LogP contribution in [0.1, 0.15) is 33.1 Å². The highest BCUT2D eigenvalue weighted by Gasteiger charge is 2.53. The van der Waals surface area contributed by atoms with E-state index in [4.69, 9.17) is 9.05 Å². The number of rotatable bonds is 5. The summed E-state index contributed by atoms with van der Waals surface area (Å²) in [5.41, 5.74) is 0. The lowest BCUT2D eigenvalue weighted by molar-refractivity contribution is 0.00736. The van der Waals surface area contributed by atoms with E-state index in [-0.39, 0.29) is 0 Å². The van der Waals surface area contributed by atoms with E-state index >= 15 is 0 Å². The van der Waals surface area contributed by atoms with Crippen LogP contribution in [-0.4, -0.2) is 23.7 Å². The van der Waals surface area contributed by atoms with Crippen LogP contribution >= 0.6 is 7.60 Å². The van der Waals surface area contributed by atoms with E-state index in [9.17, 15) is 9.67 Å². The summed E-state index contributed by atoms with van der Waals surface area (Å²) in [7, 11) is -3.28. The van der Waals surface area contributed by atoms with Gasteiger partial charge in [0.05, 0.1) is 13.2 Å². The second kappa shape index (κ2) is 4.09. The largest absolute Gasteiger partial charge is 0.377 e. The Hall–Kier alpha value is 0.110. The van der Waals surface area contributed by atoms with Gasteiger partial charge in [0.25, 0.3) is 0 Å². The molecule has 13 heavy (non-hydrogen) atoms. The number of aliphatic hydroxyl groups is 1. The zero-order chi connectivity index (χ0) is 9.95. The molecule has 5 heteroatoms. The van der Waals surface area contributed by atoms with Gasteiger partial charge in [-0.3, -0.25) is 4.57 Å². The second-order valence-electron chi connectivity index (χ2n) is 3.17. The zero-order valence-corrected chi connectivity index (χ0v) is 9.05. The zero-order valence-electron chi connectivity index (χ0n) is 8.15. The topological polar surface area (TPSA) is 55.8 Å². The Bertz CT molecular complexity index is 202. The molecular formula is C8H17O4P. The number of hydrogen-bond acceptors (Lipinski definition) is 4. The fourth-order valence-electron chi connectivity index (χ4n) is 1.38. The molecule has 0 aliphatic heterocycles. The molecule has 0 spiro atoms. The summed E-state index contributed by atoms with van der Waals surface area (Å²) in [6.07, 6.45) is 1.93. The highest BCUT2D eigenvalue weighted by atomic mass is 31.2. The maximum absolute atomic E-state index is 12.0. The van der Waals surface area contributed by atoms with Crippen LogP contribution in [0.25, 0.3) is 0 Å². The summed E-state index contributed by atoms with van der Waals surface area (Å²) in [4.78, 5) is 0. The minimum atomic E-state index is -3.28. The average Bonchev–Trinajstić information content (AvgIpc) is 2.01. The quantitative estimate of drug-likeness (QED) is 0.703. The maximum Gasteiger partial charge on any atom is 0.361 e. The molecule has 78 valence electrons. The average molecular weight is 208 g/mol. The van der Waals surface area contributed by atoms with Gasteiger partial charge in [-0.05, 0) is 33.1 Å². The van der Waals surface area contributed by atoms with Crippen LogP contribution in [0.2, 0.25) is 0 Å². The molecule has 1 saturated carbocycles. The van der Waals surface area contributed by atoms with Gasteiger partial charge in [-0.1, -0.05) is 0 Å². The summed E-state index contributed by atoms with van der Waals surface area (Å²) in [5.74, 6) is 0. The van der Waals surface area contributed by atoms with Gasteiger partial charge in [-0.25, -0.2) is 0 Å². The molecule has 0 bridgehead atoms. The van der Waals surface area contributed by atoms with Gasteiger partial charge in [0.1, 0.15) is 0 Å². The second-order valence-corrected chi connectivity index (χ2v) is 5.51. The van der Waals surface area contributed by atoms with Gasteiger partial charge in [0.15, 0.2) is 5.34 Å². The first-order valence-electron chi connectivity index (χ1n) is 4.69. The summed E-state index contributed by atoms with van der Waals surface area (Å²) < 4.78 is 22.1. The summed E-state index contributed by atoms with van der Waals surface area (Å²) in [6.45, 7) is 4.10. The van der Waals surface area contributed by atoms with E-state index in [1.807, 2.05) is 0 Å². The third-order valence-electron chi connectivity index (χ3n) is 2.26. The fraction of sp³-hybridized carbons (Fsp3) is 1.00. The van der Waals surface area contributed by atoms with E-state index in [0.29, 0.717) is 26.1 Å². The van der Waals surface area contributed by atoms with Crippen molar-refractivity contribution < 1.29 is 18.7 Å². The molecule has 0 aromatic heterocycles. The predicted octanol–water partition coefficient (Wildman–Crippen LogP) is 2.12. The first kappa shape index (κ1) is 11.2. The van der Waals surface area contributed by atoms with Crippen LogP contribution in [0.15, 0.2) is 0 Å². The van der Waals surface area contributed by atoms with E-state index in [1.165, 1.54) is 0 Å². The van der Waals surface area contributed by atoms with Crippen LogP contribution in [-0.2, 0) is 13.6 Å². The highest BCUT2D eigenvalue weighted by molar-refractivity contribution is 7.55. The van der Waals surface area contributed by atoms with Crippen LogP contribution in [0.5, 0.6) is 0 Å². The smallest absolute Gasteiger partial charge is 0.361 e. The Morgan fingerprint density at radius 2 is 1.77 bits per heavy atom.